The van der Waals surface area contributed by atoms with Crippen LogP contribution in [-0.2, 0) is 16.0 Å². The molecular weight excluding hydrogens is 513 g/mol. The van der Waals surface area contributed by atoms with E-state index in [-0.39, 0.29) is 5.91 Å². The topological polar surface area (TPSA) is 86.3 Å². The fraction of sp³-hybridized carbons (Fsp3) is 0.192. The van der Waals surface area contributed by atoms with E-state index < -0.39 is 18.1 Å². The van der Waals surface area contributed by atoms with Crippen molar-refractivity contribution in [2.75, 3.05) is 12.3 Å². The van der Waals surface area contributed by atoms with Crippen LogP contribution in [0, 0.1) is 5.82 Å². The highest BCUT2D eigenvalue weighted by atomic mass is 79.9. The molecule has 7 nitrogen and oxygen atoms in total. The molecule has 5 rings (SSSR count). The second-order valence-corrected chi connectivity index (χ2v) is 9.29. The smallest absolute Gasteiger partial charge is 0.253 e. The molecule has 1 fully saturated rings. The fourth-order valence-corrected chi connectivity index (χ4v) is 4.35. The Morgan fingerprint density at radius 3 is 2.51 bits per heavy atom. The molecule has 1 amide bonds. The van der Waals surface area contributed by atoms with Crippen LogP contribution in [0.15, 0.2) is 77.5 Å². The number of nitrogen functional groups attached to an aromatic ring is 1. The second-order valence-electron chi connectivity index (χ2n) is 8.37. The third kappa shape index (κ3) is 4.82. The Hall–Kier alpha value is -3.56. The van der Waals surface area contributed by atoms with Gasteiger partial charge in [-0.05, 0) is 67.4 Å². The number of hydrogen-bond acceptors (Lipinski definition) is 5. The normalized spacial score (nSPS) is 17.8. The first kappa shape index (κ1) is 23.2. The van der Waals surface area contributed by atoms with Crippen LogP contribution in [0.4, 0.5) is 10.1 Å². The SMILES string of the molecule is C[C@@H]1O[C@@H](c2cn(-c3ccc(Br)cc3)nc2-c2ccc(F)cn2)N(CCc2ccc(N)cc2)C1=O. The van der Waals surface area contributed by atoms with Gasteiger partial charge in [0.05, 0.1) is 17.6 Å². The van der Waals surface area contributed by atoms with Crippen LogP contribution in [0.3, 0.4) is 0 Å². The van der Waals surface area contributed by atoms with Crippen molar-refractivity contribution >= 4 is 27.5 Å². The number of hydrogen-bond donors (Lipinski definition) is 1. The number of carbonyl (C=O) groups is 1. The monoisotopic (exact) mass is 535 g/mol. The number of halogens is 2. The van der Waals surface area contributed by atoms with Gasteiger partial charge in [0.15, 0.2) is 6.23 Å². The minimum Gasteiger partial charge on any atom is -0.399 e. The molecule has 1 aliphatic heterocycles. The maximum atomic E-state index is 13.6. The van der Waals surface area contributed by atoms with Crippen molar-refractivity contribution in [2.24, 2.45) is 0 Å². The van der Waals surface area contributed by atoms with E-state index >= 15 is 0 Å². The van der Waals surface area contributed by atoms with Crippen molar-refractivity contribution in [2.45, 2.75) is 25.7 Å². The van der Waals surface area contributed by atoms with Crippen molar-refractivity contribution in [3.63, 3.8) is 0 Å². The van der Waals surface area contributed by atoms with Gasteiger partial charge in [0, 0.05) is 28.5 Å². The molecule has 2 aromatic heterocycles. The molecule has 0 aliphatic carbocycles. The van der Waals surface area contributed by atoms with Crippen LogP contribution in [0.25, 0.3) is 17.1 Å². The highest BCUT2D eigenvalue weighted by Crippen LogP contribution is 2.37. The number of ether oxygens (including phenoxy) is 1. The molecule has 0 bridgehead atoms. The number of carbonyl (C=O) groups excluding carboxylic acids is 1. The molecule has 0 saturated carbocycles. The van der Waals surface area contributed by atoms with E-state index in [0.717, 1.165) is 21.9 Å². The average molecular weight is 536 g/mol. The lowest BCUT2D eigenvalue weighted by Gasteiger charge is -2.23. The molecule has 0 unspecified atom stereocenters. The summed E-state index contributed by atoms with van der Waals surface area (Å²) in [5, 5.41) is 4.75. The Labute approximate surface area is 210 Å². The van der Waals surface area contributed by atoms with Gasteiger partial charge in [0.25, 0.3) is 5.91 Å². The number of benzene rings is 2. The number of pyridine rings is 1. The minimum absolute atomic E-state index is 0.0974. The van der Waals surface area contributed by atoms with Crippen molar-refractivity contribution in [3.05, 3.63) is 94.5 Å². The maximum absolute atomic E-state index is 13.6. The van der Waals surface area contributed by atoms with Crippen LogP contribution < -0.4 is 5.73 Å². The van der Waals surface area contributed by atoms with Gasteiger partial charge in [0.1, 0.15) is 17.6 Å². The van der Waals surface area contributed by atoms with Crippen LogP contribution in [0.5, 0.6) is 0 Å². The highest BCUT2D eigenvalue weighted by molar-refractivity contribution is 9.10. The van der Waals surface area contributed by atoms with Gasteiger partial charge in [0.2, 0.25) is 0 Å². The first-order valence-electron chi connectivity index (χ1n) is 11.2. The van der Waals surface area contributed by atoms with Gasteiger partial charge in [-0.2, -0.15) is 5.10 Å². The Morgan fingerprint density at radius 2 is 1.83 bits per heavy atom. The van der Waals surface area contributed by atoms with Crippen LogP contribution in [-0.4, -0.2) is 38.2 Å². The van der Waals surface area contributed by atoms with E-state index in [2.05, 4.69) is 20.9 Å². The zero-order valence-corrected chi connectivity index (χ0v) is 20.5. The predicted molar refractivity (Wildman–Crippen MR) is 134 cm³/mol. The third-order valence-corrected chi connectivity index (χ3v) is 6.47. The quantitative estimate of drug-likeness (QED) is 0.354. The van der Waals surface area contributed by atoms with Gasteiger partial charge in [-0.15, -0.1) is 0 Å². The Balaban J connectivity index is 1.53. The molecule has 178 valence electrons. The summed E-state index contributed by atoms with van der Waals surface area (Å²) in [7, 11) is 0. The van der Waals surface area contributed by atoms with E-state index in [4.69, 9.17) is 15.6 Å². The Morgan fingerprint density at radius 1 is 1.09 bits per heavy atom. The highest BCUT2D eigenvalue weighted by Gasteiger charge is 2.40. The molecule has 9 heteroatoms. The molecule has 1 saturated heterocycles. The van der Waals surface area contributed by atoms with E-state index in [0.29, 0.717) is 35.6 Å². The van der Waals surface area contributed by atoms with Crippen LogP contribution >= 0.6 is 15.9 Å². The molecule has 0 spiro atoms. The van der Waals surface area contributed by atoms with Gasteiger partial charge < -0.3 is 15.4 Å². The standard InChI is InChI=1S/C26H23BrFN5O2/c1-16-25(34)32(13-12-17-2-7-20(29)8-3-17)26(35-16)22-15-33(21-9-4-18(27)5-10-21)31-24(22)23-11-6-19(28)14-30-23/h2-11,14-16,26H,12-13,29H2,1H3/t16-,26-/m0/s1. The summed E-state index contributed by atoms with van der Waals surface area (Å²) in [5.74, 6) is -0.534. The van der Waals surface area contributed by atoms with Crippen molar-refractivity contribution in [1.29, 1.82) is 0 Å². The van der Waals surface area contributed by atoms with Crippen molar-refractivity contribution in [3.8, 4) is 17.1 Å². The van der Waals surface area contributed by atoms with Gasteiger partial charge in [-0.1, -0.05) is 28.1 Å². The second kappa shape index (κ2) is 9.59. The van der Waals surface area contributed by atoms with Gasteiger partial charge >= 0.3 is 0 Å². The van der Waals surface area contributed by atoms with E-state index in [1.807, 2.05) is 54.7 Å². The number of amides is 1. The summed E-state index contributed by atoms with van der Waals surface area (Å²) in [5.41, 5.74) is 10.1. The Bertz CT molecular complexity index is 1340. The number of anilines is 1. The molecule has 4 aromatic rings. The Kier molecular flexibility index (Phi) is 6.36. The summed E-state index contributed by atoms with van der Waals surface area (Å²) >= 11 is 3.45. The fourth-order valence-electron chi connectivity index (χ4n) is 4.09. The zero-order chi connectivity index (χ0) is 24.5. The summed E-state index contributed by atoms with van der Waals surface area (Å²) in [6, 6.07) is 18.2. The van der Waals surface area contributed by atoms with Crippen LogP contribution in [0.1, 0.15) is 24.3 Å². The molecular formula is C26H23BrFN5O2. The summed E-state index contributed by atoms with van der Waals surface area (Å²) in [4.78, 5) is 19.0. The lowest BCUT2D eigenvalue weighted by Crippen LogP contribution is -2.32. The van der Waals surface area contributed by atoms with Crippen LogP contribution in [0.2, 0.25) is 0 Å². The van der Waals surface area contributed by atoms with Gasteiger partial charge in [-0.3, -0.25) is 9.78 Å². The third-order valence-electron chi connectivity index (χ3n) is 5.94. The molecule has 3 heterocycles. The van der Waals surface area contributed by atoms with E-state index in [9.17, 15) is 9.18 Å². The molecule has 1 aliphatic rings. The van der Waals surface area contributed by atoms with E-state index in [1.165, 1.54) is 6.07 Å². The molecule has 2 N–H and O–H groups in total. The largest absolute Gasteiger partial charge is 0.399 e. The van der Waals surface area contributed by atoms with Gasteiger partial charge in [-0.25, -0.2) is 9.07 Å². The number of nitrogens with zero attached hydrogens (tertiary/aromatic N) is 4. The first-order valence-corrected chi connectivity index (χ1v) is 12.0. The lowest BCUT2D eigenvalue weighted by atomic mass is 10.1. The first-order chi connectivity index (χ1) is 16.9. The summed E-state index contributed by atoms with van der Waals surface area (Å²) in [6.45, 7) is 2.20. The zero-order valence-electron chi connectivity index (χ0n) is 18.9. The number of aromatic nitrogens is 3. The summed E-state index contributed by atoms with van der Waals surface area (Å²) in [6.07, 6.45) is 2.38. The van der Waals surface area contributed by atoms with E-state index in [1.54, 1.807) is 22.6 Å². The molecule has 0 radical (unpaired) electrons. The lowest BCUT2D eigenvalue weighted by molar-refractivity contribution is -0.130. The number of nitrogens with two attached hydrogens (primary N) is 1. The predicted octanol–water partition coefficient (Wildman–Crippen LogP) is 4.91. The number of rotatable bonds is 6. The average Bonchev–Trinajstić information content (AvgIpc) is 3.41. The minimum atomic E-state index is -0.655. The maximum Gasteiger partial charge on any atom is 0.253 e. The summed E-state index contributed by atoms with van der Waals surface area (Å²) < 4.78 is 22.4. The van der Waals surface area contributed by atoms with Crippen molar-refractivity contribution in [1.82, 2.24) is 19.7 Å². The van der Waals surface area contributed by atoms with Crippen molar-refractivity contribution < 1.29 is 13.9 Å². The molecule has 2 atom stereocenters. The molecule has 2 aromatic carbocycles. The molecule has 35 heavy (non-hydrogen) atoms.